The number of ether oxygens (including phenoxy) is 3. The van der Waals surface area contributed by atoms with Gasteiger partial charge >= 0.3 is 0 Å². The van der Waals surface area contributed by atoms with E-state index in [0.717, 1.165) is 17.0 Å². The Balaban J connectivity index is 1.34. The van der Waals surface area contributed by atoms with Gasteiger partial charge in [0.2, 0.25) is 5.91 Å². The van der Waals surface area contributed by atoms with Gasteiger partial charge in [0.1, 0.15) is 18.1 Å². The van der Waals surface area contributed by atoms with Crippen LogP contribution in [0.4, 0.5) is 0 Å². The zero-order valence-corrected chi connectivity index (χ0v) is 21.3. The number of aromatic nitrogens is 4. The van der Waals surface area contributed by atoms with Crippen molar-refractivity contribution in [2.24, 2.45) is 0 Å². The zero-order chi connectivity index (χ0) is 26.7. The number of amides is 1. The van der Waals surface area contributed by atoms with Crippen molar-refractivity contribution < 1.29 is 19.0 Å². The number of nitrogens with zero attached hydrogens (tertiary/aromatic N) is 3. The summed E-state index contributed by atoms with van der Waals surface area (Å²) in [6.45, 7) is 0.798. The van der Waals surface area contributed by atoms with E-state index in [9.17, 15) is 9.59 Å². The fourth-order valence-electron chi connectivity index (χ4n) is 3.71. The molecule has 0 atom stereocenters. The van der Waals surface area contributed by atoms with E-state index in [0.29, 0.717) is 36.6 Å². The number of pyridine rings is 1. The van der Waals surface area contributed by atoms with E-state index in [4.69, 9.17) is 14.2 Å². The van der Waals surface area contributed by atoms with Crippen LogP contribution in [0.25, 0.3) is 11.4 Å². The highest BCUT2D eigenvalue weighted by Crippen LogP contribution is 2.31. The summed E-state index contributed by atoms with van der Waals surface area (Å²) < 4.78 is 16.7. The average molecular weight is 516 g/mol. The molecule has 0 spiro atoms. The van der Waals surface area contributed by atoms with Crippen molar-refractivity contribution in [3.63, 3.8) is 0 Å². The topological polar surface area (TPSA) is 128 Å². The zero-order valence-electron chi connectivity index (χ0n) is 21.3. The molecule has 2 heterocycles. The van der Waals surface area contributed by atoms with Crippen LogP contribution in [0.1, 0.15) is 23.4 Å². The van der Waals surface area contributed by atoms with Crippen molar-refractivity contribution in [1.29, 1.82) is 0 Å². The van der Waals surface area contributed by atoms with Gasteiger partial charge in [-0.25, -0.2) is 0 Å². The molecule has 4 rings (SSSR count). The van der Waals surface area contributed by atoms with Crippen LogP contribution in [0, 0.1) is 0 Å². The first kappa shape index (κ1) is 26.3. The Labute approximate surface area is 220 Å². The van der Waals surface area contributed by atoms with Gasteiger partial charge in [0.15, 0.2) is 17.3 Å². The quantitative estimate of drug-likeness (QED) is 0.295. The van der Waals surface area contributed by atoms with Crippen LogP contribution in [0.5, 0.6) is 17.2 Å². The summed E-state index contributed by atoms with van der Waals surface area (Å²) in [7, 11) is 3.15. The van der Waals surface area contributed by atoms with E-state index < -0.39 is 5.56 Å². The van der Waals surface area contributed by atoms with Crippen LogP contribution in [0.3, 0.4) is 0 Å². The molecule has 0 aliphatic rings. The lowest BCUT2D eigenvalue weighted by atomic mass is 10.2. The molecule has 0 saturated carbocycles. The van der Waals surface area contributed by atoms with E-state index in [2.05, 4.69) is 25.5 Å². The minimum absolute atomic E-state index is 0.131. The lowest BCUT2D eigenvalue weighted by molar-refractivity contribution is -0.121. The second-order valence-corrected chi connectivity index (χ2v) is 8.38. The molecule has 2 aromatic heterocycles. The Hall–Kier alpha value is -4.73. The van der Waals surface area contributed by atoms with Crippen LogP contribution in [0.2, 0.25) is 0 Å². The molecule has 0 unspecified atom stereocenters. The number of carbonyl (C=O) groups is 1. The Kier molecular flexibility index (Phi) is 9.01. The minimum atomic E-state index is -0.395. The Morgan fingerprint density at radius 3 is 2.61 bits per heavy atom. The molecule has 0 aliphatic heterocycles. The third-order valence-electron chi connectivity index (χ3n) is 5.75. The molecule has 0 radical (unpaired) electrons. The van der Waals surface area contributed by atoms with Crippen molar-refractivity contribution in [2.45, 2.75) is 25.9 Å². The number of H-pyrrole nitrogens is 1. The number of nitrogens with one attached hydrogen (secondary N) is 2. The highest BCUT2D eigenvalue weighted by atomic mass is 16.5. The molecule has 1 amide bonds. The van der Waals surface area contributed by atoms with E-state index in [1.165, 1.54) is 7.11 Å². The van der Waals surface area contributed by atoms with Crippen LogP contribution in [0.15, 0.2) is 71.7 Å². The number of benzene rings is 2. The number of aryl methyl sites for hydroxylation is 1. The van der Waals surface area contributed by atoms with Gasteiger partial charge in [-0.05, 0) is 48.0 Å². The molecule has 0 fully saturated rings. The van der Waals surface area contributed by atoms with Gasteiger partial charge < -0.3 is 24.5 Å². The van der Waals surface area contributed by atoms with Crippen LogP contribution in [-0.2, 0) is 24.2 Å². The lowest BCUT2D eigenvalue weighted by Crippen LogP contribution is -2.27. The second-order valence-electron chi connectivity index (χ2n) is 8.38. The molecule has 2 aromatic carbocycles. The summed E-state index contributed by atoms with van der Waals surface area (Å²) in [5.74, 6) is 1.90. The number of methoxy groups -OCH3 is 2. The number of carbonyl (C=O) groups excluding carboxylic acids is 1. The van der Waals surface area contributed by atoms with E-state index in [1.807, 2.05) is 42.5 Å². The number of hydrogen-bond donors (Lipinski definition) is 2. The van der Waals surface area contributed by atoms with Gasteiger partial charge in [0.25, 0.3) is 5.56 Å². The summed E-state index contributed by atoms with van der Waals surface area (Å²) >= 11 is 0. The number of rotatable bonds is 12. The third kappa shape index (κ3) is 7.16. The maximum Gasteiger partial charge on any atom is 0.273 e. The molecule has 38 heavy (non-hydrogen) atoms. The summed E-state index contributed by atoms with van der Waals surface area (Å²) in [6, 6.07) is 18.5. The maximum atomic E-state index is 12.6. The minimum Gasteiger partial charge on any atom is -0.497 e. The Morgan fingerprint density at radius 1 is 0.947 bits per heavy atom. The standard InChI is InChI=1S/C28H29N5O5/c1-36-22-8-5-6-19(16-22)18-38-24-11-9-20(17-25(24)37-2)27-31-28(35)23(32-33-27)10-12-26(34)30-15-13-21-7-3-4-14-29-21/h3-9,11,14,16-17H,10,12-13,15,18H2,1-2H3,(H,30,34)(H,31,33,35). The van der Waals surface area contributed by atoms with Gasteiger partial charge in [-0.2, -0.15) is 0 Å². The van der Waals surface area contributed by atoms with Crippen LogP contribution >= 0.6 is 0 Å². The SMILES string of the molecule is COc1cccc(COc2ccc(-c3nnc(CCC(=O)NCCc4ccccn4)c(=O)[nH]3)cc2OC)c1. The normalized spacial score (nSPS) is 10.6. The first-order valence-corrected chi connectivity index (χ1v) is 12.1. The second kappa shape index (κ2) is 13.0. The van der Waals surface area contributed by atoms with Crippen molar-refractivity contribution in [1.82, 2.24) is 25.5 Å². The molecular formula is C28H29N5O5. The van der Waals surface area contributed by atoms with E-state index in [-0.39, 0.29) is 30.3 Å². The Bertz CT molecular complexity index is 1420. The predicted octanol–water partition coefficient (Wildman–Crippen LogP) is 3.11. The van der Waals surface area contributed by atoms with Gasteiger partial charge in [0, 0.05) is 43.3 Å². The van der Waals surface area contributed by atoms with Crippen molar-refractivity contribution in [2.75, 3.05) is 20.8 Å². The number of hydrogen-bond acceptors (Lipinski definition) is 8. The third-order valence-corrected chi connectivity index (χ3v) is 5.75. The molecule has 10 heteroatoms. The number of aromatic amines is 1. The van der Waals surface area contributed by atoms with Gasteiger partial charge in [-0.3, -0.25) is 14.6 Å². The van der Waals surface area contributed by atoms with Gasteiger partial charge in [-0.15, -0.1) is 10.2 Å². The van der Waals surface area contributed by atoms with E-state index in [1.54, 1.807) is 31.5 Å². The lowest BCUT2D eigenvalue weighted by Gasteiger charge is -2.12. The monoisotopic (exact) mass is 515 g/mol. The first-order chi connectivity index (χ1) is 18.6. The van der Waals surface area contributed by atoms with Crippen molar-refractivity contribution in [3.05, 3.63) is 94.2 Å². The average Bonchev–Trinajstić information content (AvgIpc) is 2.96. The molecular weight excluding hydrogens is 486 g/mol. The van der Waals surface area contributed by atoms with Crippen molar-refractivity contribution in [3.8, 4) is 28.6 Å². The fourth-order valence-corrected chi connectivity index (χ4v) is 3.71. The van der Waals surface area contributed by atoms with Crippen LogP contribution in [-0.4, -0.2) is 46.8 Å². The molecule has 2 N–H and O–H groups in total. The Morgan fingerprint density at radius 2 is 1.84 bits per heavy atom. The maximum absolute atomic E-state index is 12.6. The van der Waals surface area contributed by atoms with E-state index >= 15 is 0 Å². The molecule has 4 aromatic rings. The summed E-state index contributed by atoms with van der Waals surface area (Å²) in [5.41, 5.74) is 2.26. The summed E-state index contributed by atoms with van der Waals surface area (Å²) in [4.78, 5) is 31.7. The van der Waals surface area contributed by atoms with Gasteiger partial charge in [-0.1, -0.05) is 18.2 Å². The molecule has 10 nitrogen and oxygen atoms in total. The smallest absolute Gasteiger partial charge is 0.273 e. The summed E-state index contributed by atoms with van der Waals surface area (Å²) in [6.07, 6.45) is 2.66. The molecule has 0 aliphatic carbocycles. The first-order valence-electron chi connectivity index (χ1n) is 12.1. The predicted molar refractivity (Wildman–Crippen MR) is 141 cm³/mol. The highest BCUT2D eigenvalue weighted by molar-refractivity contribution is 5.76. The fraction of sp³-hybridized carbons (Fsp3) is 0.250. The van der Waals surface area contributed by atoms with Crippen LogP contribution < -0.4 is 25.1 Å². The molecule has 0 bridgehead atoms. The van der Waals surface area contributed by atoms with Gasteiger partial charge in [0.05, 0.1) is 14.2 Å². The highest BCUT2D eigenvalue weighted by Gasteiger charge is 2.13. The molecule has 0 saturated heterocycles. The van der Waals surface area contributed by atoms with Crippen molar-refractivity contribution >= 4 is 5.91 Å². The molecule has 196 valence electrons. The summed E-state index contributed by atoms with van der Waals surface area (Å²) in [5, 5.41) is 11.0. The largest absolute Gasteiger partial charge is 0.497 e.